The molecule has 0 atom stereocenters. The van der Waals surface area contributed by atoms with Gasteiger partial charge in [-0.05, 0) is 12.1 Å². The van der Waals surface area contributed by atoms with E-state index in [2.05, 4.69) is 10.1 Å². The van der Waals surface area contributed by atoms with E-state index in [4.69, 9.17) is 15.7 Å². The Morgan fingerprint density at radius 2 is 2.16 bits per heavy atom. The SMILES string of the molecule is NC(=NO)c1cc(OCc2ccccc2F)ccn1. The summed E-state index contributed by atoms with van der Waals surface area (Å²) in [6.07, 6.45) is 1.46. The highest BCUT2D eigenvalue weighted by Gasteiger charge is 2.05. The van der Waals surface area contributed by atoms with Crippen LogP contribution in [0.15, 0.2) is 47.8 Å². The molecule has 5 nitrogen and oxygen atoms in total. The van der Waals surface area contributed by atoms with Gasteiger partial charge in [0, 0.05) is 17.8 Å². The van der Waals surface area contributed by atoms with Gasteiger partial charge in [-0.3, -0.25) is 4.98 Å². The second-order valence-electron chi connectivity index (χ2n) is 3.74. The van der Waals surface area contributed by atoms with Crippen LogP contribution in [0.4, 0.5) is 4.39 Å². The standard InChI is InChI=1S/C13H12FN3O2/c14-11-4-2-1-3-9(11)8-19-10-5-6-16-12(7-10)13(15)17-18/h1-7,18H,8H2,(H2,15,17). The van der Waals surface area contributed by atoms with Crippen molar-refractivity contribution in [2.75, 3.05) is 0 Å². The summed E-state index contributed by atoms with van der Waals surface area (Å²) >= 11 is 0. The van der Waals surface area contributed by atoms with E-state index in [0.29, 0.717) is 11.3 Å². The van der Waals surface area contributed by atoms with E-state index in [0.717, 1.165) is 0 Å². The Hall–Kier alpha value is -2.63. The maximum atomic E-state index is 13.4. The number of nitrogens with two attached hydrogens (primary N) is 1. The Labute approximate surface area is 109 Å². The zero-order valence-electron chi connectivity index (χ0n) is 9.95. The van der Waals surface area contributed by atoms with Crippen LogP contribution in [0.1, 0.15) is 11.3 Å². The van der Waals surface area contributed by atoms with Crippen molar-refractivity contribution >= 4 is 5.84 Å². The van der Waals surface area contributed by atoms with Crippen molar-refractivity contribution in [2.24, 2.45) is 10.9 Å². The van der Waals surface area contributed by atoms with Crippen molar-refractivity contribution in [2.45, 2.75) is 6.61 Å². The van der Waals surface area contributed by atoms with Gasteiger partial charge in [-0.15, -0.1) is 0 Å². The van der Waals surface area contributed by atoms with Crippen molar-refractivity contribution in [1.29, 1.82) is 0 Å². The summed E-state index contributed by atoms with van der Waals surface area (Å²) in [7, 11) is 0. The maximum absolute atomic E-state index is 13.4. The van der Waals surface area contributed by atoms with E-state index in [9.17, 15) is 4.39 Å². The number of amidine groups is 1. The topological polar surface area (TPSA) is 80.7 Å². The number of hydrogen-bond acceptors (Lipinski definition) is 4. The van der Waals surface area contributed by atoms with Crippen LogP contribution in [0.25, 0.3) is 0 Å². The number of ether oxygens (including phenoxy) is 1. The van der Waals surface area contributed by atoms with Gasteiger partial charge in [0.2, 0.25) is 0 Å². The summed E-state index contributed by atoms with van der Waals surface area (Å²) in [5.74, 6) is 0.0180. The van der Waals surface area contributed by atoms with E-state index in [-0.39, 0.29) is 24.0 Å². The quantitative estimate of drug-likeness (QED) is 0.381. The number of hydrogen-bond donors (Lipinski definition) is 2. The molecule has 1 aromatic heterocycles. The van der Waals surface area contributed by atoms with Crippen molar-refractivity contribution in [1.82, 2.24) is 4.98 Å². The lowest BCUT2D eigenvalue weighted by Crippen LogP contribution is -2.14. The summed E-state index contributed by atoms with van der Waals surface area (Å²) in [4.78, 5) is 3.91. The minimum absolute atomic E-state index is 0.0896. The number of nitrogens with zero attached hydrogens (tertiary/aromatic N) is 2. The first kappa shape index (κ1) is 12.8. The third-order valence-electron chi connectivity index (χ3n) is 2.45. The Kier molecular flexibility index (Phi) is 3.92. The lowest BCUT2D eigenvalue weighted by atomic mass is 10.2. The largest absolute Gasteiger partial charge is 0.489 e. The zero-order chi connectivity index (χ0) is 13.7. The average molecular weight is 261 g/mol. The van der Waals surface area contributed by atoms with Gasteiger partial charge in [0.15, 0.2) is 5.84 Å². The highest BCUT2D eigenvalue weighted by atomic mass is 19.1. The molecule has 1 heterocycles. The predicted octanol–water partition coefficient (Wildman–Crippen LogP) is 1.89. The van der Waals surface area contributed by atoms with Gasteiger partial charge >= 0.3 is 0 Å². The molecule has 0 aliphatic carbocycles. The molecule has 0 bridgehead atoms. The van der Waals surface area contributed by atoms with E-state index in [1.165, 1.54) is 18.3 Å². The molecule has 2 aromatic rings. The molecule has 0 fully saturated rings. The van der Waals surface area contributed by atoms with Crippen LogP contribution >= 0.6 is 0 Å². The Bertz CT molecular complexity index is 602. The highest BCUT2D eigenvalue weighted by Crippen LogP contribution is 2.14. The van der Waals surface area contributed by atoms with E-state index in [1.807, 2.05) is 0 Å². The number of oxime groups is 1. The average Bonchev–Trinajstić information content (AvgIpc) is 2.46. The monoisotopic (exact) mass is 261 g/mol. The second-order valence-corrected chi connectivity index (χ2v) is 3.74. The molecule has 0 saturated heterocycles. The molecular formula is C13H12FN3O2. The van der Waals surface area contributed by atoms with Crippen molar-refractivity contribution in [3.63, 3.8) is 0 Å². The van der Waals surface area contributed by atoms with E-state index >= 15 is 0 Å². The van der Waals surface area contributed by atoms with Gasteiger partial charge in [0.05, 0.1) is 0 Å². The summed E-state index contributed by atoms with van der Waals surface area (Å²) in [5, 5.41) is 11.4. The fraction of sp³-hybridized carbons (Fsp3) is 0.0769. The van der Waals surface area contributed by atoms with Crippen LogP contribution in [-0.2, 0) is 6.61 Å². The fourth-order valence-electron chi connectivity index (χ4n) is 1.47. The number of pyridine rings is 1. The highest BCUT2D eigenvalue weighted by molar-refractivity contribution is 5.95. The molecule has 0 amide bonds. The second kappa shape index (κ2) is 5.81. The van der Waals surface area contributed by atoms with E-state index in [1.54, 1.807) is 24.3 Å². The molecule has 1 aromatic carbocycles. The molecule has 2 rings (SSSR count). The molecule has 0 aliphatic rings. The first-order valence-electron chi connectivity index (χ1n) is 5.51. The number of rotatable bonds is 4. The van der Waals surface area contributed by atoms with Crippen LogP contribution in [0.3, 0.4) is 0 Å². The summed E-state index contributed by atoms with van der Waals surface area (Å²) in [6.45, 7) is 0.0896. The van der Waals surface area contributed by atoms with Gasteiger partial charge in [-0.25, -0.2) is 4.39 Å². The molecule has 19 heavy (non-hydrogen) atoms. The van der Waals surface area contributed by atoms with Crippen LogP contribution in [0.5, 0.6) is 5.75 Å². The molecule has 3 N–H and O–H groups in total. The molecule has 6 heteroatoms. The predicted molar refractivity (Wildman–Crippen MR) is 67.5 cm³/mol. The molecule has 0 unspecified atom stereocenters. The lowest BCUT2D eigenvalue weighted by molar-refractivity contribution is 0.299. The van der Waals surface area contributed by atoms with Gasteiger partial charge in [0.1, 0.15) is 23.9 Å². The van der Waals surface area contributed by atoms with Crippen molar-refractivity contribution < 1.29 is 14.3 Å². The maximum Gasteiger partial charge on any atom is 0.188 e. The van der Waals surface area contributed by atoms with Gasteiger partial charge in [-0.2, -0.15) is 0 Å². The number of benzene rings is 1. The van der Waals surface area contributed by atoms with Gasteiger partial charge in [0.25, 0.3) is 0 Å². The lowest BCUT2D eigenvalue weighted by Gasteiger charge is -2.07. The van der Waals surface area contributed by atoms with Crippen LogP contribution in [0, 0.1) is 5.82 Å². The minimum Gasteiger partial charge on any atom is -0.489 e. The normalized spacial score (nSPS) is 11.3. The van der Waals surface area contributed by atoms with Crippen LogP contribution in [0.2, 0.25) is 0 Å². The number of aromatic nitrogens is 1. The van der Waals surface area contributed by atoms with Gasteiger partial charge in [-0.1, -0.05) is 23.4 Å². The molecule has 0 saturated carbocycles. The van der Waals surface area contributed by atoms with E-state index < -0.39 is 0 Å². The fourth-order valence-corrected chi connectivity index (χ4v) is 1.47. The Balaban J connectivity index is 2.10. The molecule has 0 radical (unpaired) electrons. The van der Waals surface area contributed by atoms with Crippen molar-refractivity contribution in [3.8, 4) is 5.75 Å². The van der Waals surface area contributed by atoms with Crippen LogP contribution in [-0.4, -0.2) is 16.0 Å². The molecule has 0 spiro atoms. The summed E-state index contributed by atoms with van der Waals surface area (Å²) in [5.41, 5.74) is 6.15. The zero-order valence-corrected chi connectivity index (χ0v) is 9.95. The smallest absolute Gasteiger partial charge is 0.188 e. The first-order chi connectivity index (χ1) is 9.20. The Morgan fingerprint density at radius 1 is 1.37 bits per heavy atom. The number of halogens is 1. The van der Waals surface area contributed by atoms with Gasteiger partial charge < -0.3 is 15.7 Å². The molecular weight excluding hydrogens is 249 g/mol. The third-order valence-corrected chi connectivity index (χ3v) is 2.45. The Morgan fingerprint density at radius 3 is 2.89 bits per heavy atom. The first-order valence-corrected chi connectivity index (χ1v) is 5.51. The molecule has 98 valence electrons. The summed E-state index contributed by atoms with van der Waals surface area (Å²) in [6, 6.07) is 9.47. The summed E-state index contributed by atoms with van der Waals surface area (Å²) < 4.78 is 18.8. The van der Waals surface area contributed by atoms with Crippen LogP contribution < -0.4 is 10.5 Å². The third kappa shape index (κ3) is 3.19. The minimum atomic E-state index is -0.326. The van der Waals surface area contributed by atoms with Crippen molar-refractivity contribution in [3.05, 3.63) is 59.7 Å². The molecule has 0 aliphatic heterocycles.